The summed E-state index contributed by atoms with van der Waals surface area (Å²) < 4.78 is 0. The van der Waals surface area contributed by atoms with Gasteiger partial charge in [-0.2, -0.15) is 0 Å². The van der Waals surface area contributed by atoms with Gasteiger partial charge in [0.2, 0.25) is 0 Å². The molecule has 0 radical (unpaired) electrons. The summed E-state index contributed by atoms with van der Waals surface area (Å²) in [5, 5.41) is 20.4. The molecule has 8 saturated carbocycles. The third kappa shape index (κ3) is 10.3. The maximum atomic E-state index is 10.2. The van der Waals surface area contributed by atoms with Crippen molar-refractivity contribution in [3.05, 3.63) is 0 Å². The van der Waals surface area contributed by atoms with Crippen molar-refractivity contribution in [2.75, 3.05) is 0 Å². The van der Waals surface area contributed by atoms with Crippen LogP contribution < -0.4 is 0 Å². The SMILES string of the molecule is CC(C)(C1CCC(O)CC1)C1CCC(N(C2CCCCC2)C2CCC(C3CCC(N(C4CCCCC4)C4CCC(C(C)(C)C5CCC(O)CC5)CC4)CC3)CC2)CC1. The van der Waals surface area contributed by atoms with E-state index in [2.05, 4.69) is 37.5 Å². The normalized spacial score (nSPS) is 41.2. The summed E-state index contributed by atoms with van der Waals surface area (Å²) >= 11 is 0. The van der Waals surface area contributed by atoms with Crippen molar-refractivity contribution in [1.82, 2.24) is 9.80 Å². The van der Waals surface area contributed by atoms with Crippen LogP contribution in [0.1, 0.15) is 246 Å². The molecule has 0 saturated heterocycles. The van der Waals surface area contributed by atoms with Gasteiger partial charge < -0.3 is 10.2 Å². The third-order valence-electron chi connectivity index (χ3n) is 20.8. The molecule has 0 aromatic rings. The summed E-state index contributed by atoms with van der Waals surface area (Å²) in [6, 6.07) is 5.14. The molecule has 0 aromatic heterocycles. The van der Waals surface area contributed by atoms with Crippen molar-refractivity contribution in [3.63, 3.8) is 0 Å². The lowest BCUT2D eigenvalue weighted by molar-refractivity contribution is -0.0295. The monoisotopic (exact) mass is 805 g/mol. The first-order valence-corrected chi connectivity index (χ1v) is 27.0. The minimum Gasteiger partial charge on any atom is -0.393 e. The average molecular weight is 805 g/mol. The summed E-state index contributed by atoms with van der Waals surface area (Å²) in [4.78, 5) is 6.48. The summed E-state index contributed by atoms with van der Waals surface area (Å²) in [6.07, 6.45) is 47.5. The van der Waals surface area contributed by atoms with Gasteiger partial charge in [0.15, 0.2) is 0 Å². The van der Waals surface area contributed by atoms with Gasteiger partial charge in [-0.25, -0.2) is 0 Å². The number of aliphatic hydroxyl groups excluding tert-OH is 2. The van der Waals surface area contributed by atoms with E-state index < -0.39 is 0 Å². The molecule has 0 unspecified atom stereocenters. The number of nitrogens with zero attached hydrogens (tertiary/aromatic N) is 2. The zero-order chi connectivity index (χ0) is 40.3. The fourth-order valence-electron chi connectivity index (χ4n) is 16.8. The van der Waals surface area contributed by atoms with Gasteiger partial charge >= 0.3 is 0 Å². The predicted octanol–water partition coefficient (Wildman–Crippen LogP) is 13.6. The van der Waals surface area contributed by atoms with Crippen LogP contribution in [0.15, 0.2) is 0 Å². The first-order chi connectivity index (χ1) is 28.1. The maximum absolute atomic E-state index is 10.2. The largest absolute Gasteiger partial charge is 0.393 e. The molecule has 2 N–H and O–H groups in total. The summed E-state index contributed by atoms with van der Waals surface area (Å²) in [7, 11) is 0. The fraction of sp³-hybridized carbons (Fsp3) is 1.00. The van der Waals surface area contributed by atoms with E-state index in [9.17, 15) is 10.2 Å². The highest BCUT2D eigenvalue weighted by atomic mass is 16.3. The second-order valence-electron chi connectivity index (χ2n) is 24.3. The summed E-state index contributed by atoms with van der Waals surface area (Å²) in [5.41, 5.74) is 0.867. The summed E-state index contributed by atoms with van der Waals surface area (Å²) in [6.45, 7) is 10.4. The third-order valence-corrected chi connectivity index (χ3v) is 20.8. The average Bonchev–Trinajstić information content (AvgIpc) is 3.26. The van der Waals surface area contributed by atoms with Crippen LogP contribution in [0.2, 0.25) is 0 Å². The lowest BCUT2D eigenvalue weighted by atomic mass is 9.60. The number of hydrogen-bond acceptors (Lipinski definition) is 4. The molecule has 0 heterocycles. The number of hydrogen-bond donors (Lipinski definition) is 2. The Bertz CT molecular complexity index is 1100. The zero-order valence-corrected chi connectivity index (χ0v) is 38.9. The zero-order valence-electron chi connectivity index (χ0n) is 38.9. The molecule has 0 amide bonds. The van der Waals surface area contributed by atoms with Crippen LogP contribution in [0.25, 0.3) is 0 Å². The Balaban J connectivity index is 0.837. The van der Waals surface area contributed by atoms with E-state index in [4.69, 9.17) is 0 Å². The van der Waals surface area contributed by atoms with Gasteiger partial charge in [0, 0.05) is 36.3 Å². The van der Waals surface area contributed by atoms with Crippen molar-refractivity contribution in [3.8, 4) is 0 Å². The Morgan fingerprint density at radius 3 is 0.776 bits per heavy atom. The lowest BCUT2D eigenvalue weighted by Gasteiger charge is -2.53. The predicted molar refractivity (Wildman–Crippen MR) is 244 cm³/mol. The molecule has 4 heteroatoms. The topological polar surface area (TPSA) is 46.9 Å². The smallest absolute Gasteiger partial charge is 0.0540 e. The van der Waals surface area contributed by atoms with Crippen molar-refractivity contribution >= 4 is 0 Å². The highest BCUT2D eigenvalue weighted by molar-refractivity contribution is 4.99. The van der Waals surface area contributed by atoms with E-state index in [0.717, 1.165) is 97.4 Å². The van der Waals surface area contributed by atoms with E-state index in [1.807, 2.05) is 0 Å². The quantitative estimate of drug-likeness (QED) is 0.218. The summed E-state index contributed by atoms with van der Waals surface area (Å²) in [5.74, 6) is 5.38. The highest BCUT2D eigenvalue weighted by Gasteiger charge is 2.46. The van der Waals surface area contributed by atoms with Gasteiger partial charge in [0.1, 0.15) is 0 Å². The lowest BCUT2D eigenvalue weighted by Crippen LogP contribution is -2.54. The van der Waals surface area contributed by atoms with Gasteiger partial charge in [-0.15, -0.1) is 0 Å². The van der Waals surface area contributed by atoms with Gasteiger partial charge in [-0.05, 0) is 226 Å². The maximum Gasteiger partial charge on any atom is 0.0540 e. The Labute approximate surface area is 359 Å². The molecule has 0 spiro atoms. The molecule has 8 rings (SSSR count). The van der Waals surface area contributed by atoms with Gasteiger partial charge in [-0.3, -0.25) is 9.80 Å². The van der Waals surface area contributed by atoms with E-state index >= 15 is 0 Å². The van der Waals surface area contributed by atoms with Crippen LogP contribution in [0.4, 0.5) is 0 Å². The first-order valence-electron chi connectivity index (χ1n) is 27.0. The van der Waals surface area contributed by atoms with Crippen molar-refractivity contribution in [2.24, 2.45) is 46.3 Å². The molecule has 8 fully saturated rings. The number of aliphatic hydroxyl groups is 2. The van der Waals surface area contributed by atoms with E-state index in [0.29, 0.717) is 10.8 Å². The second kappa shape index (κ2) is 20.1. The van der Waals surface area contributed by atoms with Crippen LogP contribution in [0.3, 0.4) is 0 Å². The number of rotatable bonds is 11. The van der Waals surface area contributed by atoms with Crippen molar-refractivity contribution in [1.29, 1.82) is 0 Å². The minimum absolute atomic E-state index is 0.0315. The van der Waals surface area contributed by atoms with Gasteiger partial charge in [-0.1, -0.05) is 66.2 Å². The van der Waals surface area contributed by atoms with Gasteiger partial charge in [0.25, 0.3) is 0 Å². The van der Waals surface area contributed by atoms with Crippen molar-refractivity contribution < 1.29 is 10.2 Å². The van der Waals surface area contributed by atoms with Gasteiger partial charge in [0.05, 0.1) is 12.2 Å². The minimum atomic E-state index is -0.0315. The molecule has 58 heavy (non-hydrogen) atoms. The molecule has 0 bridgehead atoms. The fourth-order valence-corrected chi connectivity index (χ4v) is 16.8. The molecule has 4 nitrogen and oxygen atoms in total. The van der Waals surface area contributed by atoms with Crippen LogP contribution >= 0.6 is 0 Å². The molecule has 334 valence electrons. The van der Waals surface area contributed by atoms with E-state index in [1.54, 1.807) is 0 Å². The van der Waals surface area contributed by atoms with Crippen molar-refractivity contribution in [2.45, 2.75) is 294 Å². The molecule has 0 aliphatic heterocycles. The van der Waals surface area contributed by atoms with E-state index in [1.165, 1.54) is 193 Å². The van der Waals surface area contributed by atoms with Crippen LogP contribution in [-0.4, -0.2) is 68.5 Å². The molecular weight excluding hydrogens is 709 g/mol. The van der Waals surface area contributed by atoms with E-state index in [-0.39, 0.29) is 12.2 Å². The molecular formula is C54H96N2O2. The second-order valence-corrected chi connectivity index (χ2v) is 24.3. The standard InChI is InChI=1S/C54H96N2O2/c1-53(2,43-23-35-51(57)36-24-43)41-19-31-49(32-20-41)55(45-11-7-5-8-12-45)47-27-15-39(16-28-47)40-17-29-48(30-18-40)56(46-13-9-6-10-14-46)50-33-21-42(22-34-50)54(3,4)44-25-37-52(58)38-26-44/h39-52,57-58H,5-38H2,1-4H3. The molecule has 0 atom stereocenters. The Morgan fingerprint density at radius 2 is 0.500 bits per heavy atom. The Morgan fingerprint density at radius 1 is 0.276 bits per heavy atom. The first kappa shape index (κ1) is 44.4. The molecule has 0 aromatic carbocycles. The Hall–Kier alpha value is -0.160. The molecule has 8 aliphatic rings. The molecule has 8 aliphatic carbocycles. The highest BCUT2D eigenvalue weighted by Crippen LogP contribution is 2.52. The van der Waals surface area contributed by atoms with Crippen LogP contribution in [-0.2, 0) is 0 Å². The van der Waals surface area contributed by atoms with Crippen LogP contribution in [0.5, 0.6) is 0 Å². The Kier molecular flexibility index (Phi) is 15.4. The van der Waals surface area contributed by atoms with Crippen LogP contribution in [0, 0.1) is 46.3 Å².